The molecule has 1 amide bonds. The standard InChI is InChI=1S/C12H14N4O/c1-8(2)11(17)14-12-13-10(15-16-12)9-6-4-3-5-7-9/h3-8H,1-2H3,(H2,13,14,15,16,17). The Morgan fingerprint density at radius 3 is 2.65 bits per heavy atom. The molecule has 0 atom stereocenters. The minimum Gasteiger partial charge on any atom is -0.293 e. The van der Waals surface area contributed by atoms with Gasteiger partial charge in [0.15, 0.2) is 5.82 Å². The first-order chi connectivity index (χ1) is 8.16. The Kier molecular flexibility index (Phi) is 3.18. The zero-order valence-corrected chi connectivity index (χ0v) is 9.77. The number of rotatable bonds is 3. The summed E-state index contributed by atoms with van der Waals surface area (Å²) in [6.07, 6.45) is 0. The normalized spacial score (nSPS) is 10.5. The molecule has 0 saturated carbocycles. The lowest BCUT2D eigenvalue weighted by atomic mass is 10.2. The molecular formula is C12H14N4O. The van der Waals surface area contributed by atoms with Crippen molar-refractivity contribution in [3.63, 3.8) is 0 Å². The molecule has 1 aromatic heterocycles. The number of nitrogens with zero attached hydrogens (tertiary/aromatic N) is 2. The second kappa shape index (κ2) is 4.78. The van der Waals surface area contributed by atoms with E-state index in [1.807, 2.05) is 44.2 Å². The van der Waals surface area contributed by atoms with Crippen molar-refractivity contribution in [2.24, 2.45) is 5.92 Å². The van der Waals surface area contributed by atoms with E-state index in [9.17, 15) is 4.79 Å². The van der Waals surface area contributed by atoms with Gasteiger partial charge in [-0.3, -0.25) is 15.2 Å². The maximum atomic E-state index is 11.5. The fourth-order valence-corrected chi connectivity index (χ4v) is 1.30. The molecule has 0 fully saturated rings. The van der Waals surface area contributed by atoms with E-state index in [1.165, 1.54) is 0 Å². The summed E-state index contributed by atoms with van der Waals surface area (Å²) >= 11 is 0. The quantitative estimate of drug-likeness (QED) is 0.847. The predicted molar refractivity (Wildman–Crippen MR) is 65.3 cm³/mol. The molecule has 5 heteroatoms. The Bertz CT molecular complexity index is 504. The largest absolute Gasteiger partial charge is 0.293 e. The molecule has 17 heavy (non-hydrogen) atoms. The zero-order chi connectivity index (χ0) is 12.3. The first kappa shape index (κ1) is 11.3. The fraction of sp³-hybridized carbons (Fsp3) is 0.250. The maximum absolute atomic E-state index is 11.5. The van der Waals surface area contributed by atoms with E-state index in [4.69, 9.17) is 0 Å². The van der Waals surface area contributed by atoms with Gasteiger partial charge < -0.3 is 0 Å². The Morgan fingerprint density at radius 2 is 2.00 bits per heavy atom. The van der Waals surface area contributed by atoms with Gasteiger partial charge >= 0.3 is 0 Å². The van der Waals surface area contributed by atoms with Gasteiger partial charge in [-0.05, 0) is 0 Å². The molecule has 2 rings (SSSR count). The van der Waals surface area contributed by atoms with Crippen LogP contribution in [0.3, 0.4) is 0 Å². The summed E-state index contributed by atoms with van der Waals surface area (Å²) < 4.78 is 0. The number of anilines is 1. The third-order valence-corrected chi connectivity index (χ3v) is 2.29. The van der Waals surface area contributed by atoms with Crippen LogP contribution >= 0.6 is 0 Å². The Labute approximate surface area is 99.3 Å². The second-order valence-corrected chi connectivity index (χ2v) is 4.02. The van der Waals surface area contributed by atoms with Gasteiger partial charge in [0.1, 0.15) is 0 Å². The average molecular weight is 230 g/mol. The maximum Gasteiger partial charge on any atom is 0.249 e. The summed E-state index contributed by atoms with van der Waals surface area (Å²) in [6, 6.07) is 9.62. The van der Waals surface area contributed by atoms with Crippen LogP contribution in [0.25, 0.3) is 11.4 Å². The second-order valence-electron chi connectivity index (χ2n) is 4.02. The van der Waals surface area contributed by atoms with Crippen molar-refractivity contribution in [3.8, 4) is 11.4 Å². The fourth-order valence-electron chi connectivity index (χ4n) is 1.30. The Balaban J connectivity index is 2.14. The first-order valence-electron chi connectivity index (χ1n) is 5.45. The van der Waals surface area contributed by atoms with Crippen LogP contribution in [0.5, 0.6) is 0 Å². The van der Waals surface area contributed by atoms with Crippen molar-refractivity contribution in [2.45, 2.75) is 13.8 Å². The molecule has 0 aliphatic heterocycles. The topological polar surface area (TPSA) is 70.7 Å². The zero-order valence-electron chi connectivity index (χ0n) is 9.77. The third-order valence-electron chi connectivity index (χ3n) is 2.29. The van der Waals surface area contributed by atoms with Crippen molar-refractivity contribution in [2.75, 3.05) is 5.32 Å². The lowest BCUT2D eigenvalue weighted by Gasteiger charge is -2.02. The number of nitrogens with one attached hydrogen (secondary N) is 2. The summed E-state index contributed by atoms with van der Waals surface area (Å²) in [5.74, 6) is 0.768. The number of aromatic amines is 1. The van der Waals surface area contributed by atoms with Crippen LogP contribution in [0, 0.1) is 5.92 Å². The monoisotopic (exact) mass is 230 g/mol. The molecule has 0 bridgehead atoms. The van der Waals surface area contributed by atoms with Crippen molar-refractivity contribution < 1.29 is 4.79 Å². The number of carbonyl (C=O) groups excluding carboxylic acids is 1. The van der Waals surface area contributed by atoms with Crippen molar-refractivity contribution in [1.82, 2.24) is 15.2 Å². The third kappa shape index (κ3) is 2.69. The van der Waals surface area contributed by atoms with Gasteiger partial charge in [-0.1, -0.05) is 44.2 Å². The van der Waals surface area contributed by atoms with E-state index in [0.29, 0.717) is 11.8 Å². The van der Waals surface area contributed by atoms with Gasteiger partial charge in [0.05, 0.1) is 0 Å². The van der Waals surface area contributed by atoms with E-state index in [0.717, 1.165) is 5.56 Å². The molecule has 0 aliphatic carbocycles. The van der Waals surface area contributed by atoms with Gasteiger partial charge in [0.25, 0.3) is 0 Å². The number of hydrogen-bond acceptors (Lipinski definition) is 3. The number of amides is 1. The lowest BCUT2D eigenvalue weighted by Crippen LogP contribution is -2.18. The minimum atomic E-state index is -0.0939. The van der Waals surface area contributed by atoms with Crippen LogP contribution in [0.1, 0.15) is 13.8 Å². The summed E-state index contributed by atoms with van der Waals surface area (Å²) in [4.78, 5) is 15.7. The molecule has 2 aromatic rings. The lowest BCUT2D eigenvalue weighted by molar-refractivity contribution is -0.118. The Hall–Kier alpha value is -2.17. The molecule has 0 radical (unpaired) electrons. The highest BCUT2D eigenvalue weighted by Gasteiger charge is 2.11. The molecule has 1 aromatic carbocycles. The van der Waals surface area contributed by atoms with Crippen LogP contribution < -0.4 is 5.32 Å². The SMILES string of the molecule is CC(C)C(=O)Nc1n[nH]c(-c2ccccc2)n1. The highest BCUT2D eigenvalue weighted by molar-refractivity contribution is 5.90. The Morgan fingerprint density at radius 1 is 1.29 bits per heavy atom. The highest BCUT2D eigenvalue weighted by Crippen LogP contribution is 2.15. The summed E-state index contributed by atoms with van der Waals surface area (Å²) in [5, 5.41) is 9.38. The van der Waals surface area contributed by atoms with E-state index in [2.05, 4.69) is 20.5 Å². The number of aromatic nitrogens is 3. The number of carbonyl (C=O) groups is 1. The van der Waals surface area contributed by atoms with E-state index in [1.54, 1.807) is 0 Å². The molecular weight excluding hydrogens is 216 g/mol. The van der Waals surface area contributed by atoms with Crippen molar-refractivity contribution >= 4 is 11.9 Å². The van der Waals surface area contributed by atoms with Gasteiger partial charge in [-0.2, -0.15) is 4.98 Å². The number of H-pyrrole nitrogens is 1. The molecule has 88 valence electrons. The number of hydrogen-bond donors (Lipinski definition) is 2. The van der Waals surface area contributed by atoms with Crippen LogP contribution in [0.2, 0.25) is 0 Å². The molecule has 5 nitrogen and oxygen atoms in total. The molecule has 1 heterocycles. The molecule has 0 unspecified atom stereocenters. The van der Waals surface area contributed by atoms with Crippen LogP contribution in [0.4, 0.5) is 5.95 Å². The van der Waals surface area contributed by atoms with Crippen molar-refractivity contribution in [1.29, 1.82) is 0 Å². The van der Waals surface area contributed by atoms with Crippen LogP contribution in [-0.4, -0.2) is 21.1 Å². The van der Waals surface area contributed by atoms with Gasteiger partial charge in [-0.15, -0.1) is 5.10 Å². The summed E-state index contributed by atoms with van der Waals surface area (Å²) in [6.45, 7) is 3.64. The van der Waals surface area contributed by atoms with Gasteiger partial charge in [0, 0.05) is 11.5 Å². The van der Waals surface area contributed by atoms with E-state index in [-0.39, 0.29) is 11.8 Å². The average Bonchev–Trinajstić information content (AvgIpc) is 2.78. The smallest absolute Gasteiger partial charge is 0.249 e. The van der Waals surface area contributed by atoms with E-state index < -0.39 is 0 Å². The highest BCUT2D eigenvalue weighted by atomic mass is 16.2. The van der Waals surface area contributed by atoms with Gasteiger partial charge in [-0.25, -0.2) is 0 Å². The van der Waals surface area contributed by atoms with E-state index >= 15 is 0 Å². The first-order valence-corrected chi connectivity index (χ1v) is 5.45. The molecule has 0 aliphatic rings. The summed E-state index contributed by atoms with van der Waals surface area (Å²) in [7, 11) is 0. The van der Waals surface area contributed by atoms with Crippen molar-refractivity contribution in [3.05, 3.63) is 30.3 Å². The van der Waals surface area contributed by atoms with Gasteiger partial charge in [0.2, 0.25) is 11.9 Å². The number of benzene rings is 1. The summed E-state index contributed by atoms with van der Waals surface area (Å²) in [5.41, 5.74) is 0.935. The van der Waals surface area contributed by atoms with Crippen LogP contribution in [-0.2, 0) is 4.79 Å². The molecule has 2 N–H and O–H groups in total. The predicted octanol–water partition coefficient (Wildman–Crippen LogP) is 2.07. The minimum absolute atomic E-state index is 0.0892. The molecule has 0 saturated heterocycles. The van der Waals surface area contributed by atoms with Crippen LogP contribution in [0.15, 0.2) is 30.3 Å². The molecule has 0 spiro atoms.